The van der Waals surface area contributed by atoms with Gasteiger partial charge >= 0.3 is 11.9 Å². The number of aliphatic carboxylic acids is 1. The Morgan fingerprint density at radius 2 is 2.08 bits per heavy atom. The third kappa shape index (κ3) is 4.47. The number of carboxylic acid groups (broad SMARTS) is 1. The van der Waals surface area contributed by atoms with Gasteiger partial charge in [-0.3, -0.25) is 9.59 Å². The van der Waals surface area contributed by atoms with E-state index in [1.807, 2.05) is 6.92 Å². The smallest absolute Gasteiger partial charge is 0.324 e. The van der Waals surface area contributed by atoms with Crippen LogP contribution >= 0.6 is 0 Å². The SMILES string of the molecule is CCCC(=O)O[C@@H](C)[C@@H](N)C(=O)O. The lowest BCUT2D eigenvalue weighted by Crippen LogP contribution is -2.42. The Hall–Kier alpha value is -1.10. The van der Waals surface area contributed by atoms with Crippen molar-refractivity contribution >= 4 is 11.9 Å². The standard InChI is InChI=1S/C8H15NO4/c1-3-4-6(10)13-5(2)7(9)8(11)12/h5,7H,3-4,9H2,1-2H3,(H,11,12)/t5-,7+/m0/s1. The summed E-state index contributed by atoms with van der Waals surface area (Å²) in [7, 11) is 0. The van der Waals surface area contributed by atoms with Crippen LogP contribution in [0.1, 0.15) is 26.7 Å². The van der Waals surface area contributed by atoms with Crippen LogP contribution in [0.5, 0.6) is 0 Å². The van der Waals surface area contributed by atoms with Gasteiger partial charge in [0.25, 0.3) is 0 Å². The van der Waals surface area contributed by atoms with Crippen molar-refractivity contribution in [2.75, 3.05) is 0 Å². The second-order valence-electron chi connectivity index (χ2n) is 2.81. The molecule has 0 aliphatic rings. The molecule has 0 aliphatic carbocycles. The molecular formula is C8H15NO4. The topological polar surface area (TPSA) is 89.6 Å². The van der Waals surface area contributed by atoms with Gasteiger partial charge in [0.1, 0.15) is 12.1 Å². The van der Waals surface area contributed by atoms with Gasteiger partial charge in [-0.2, -0.15) is 0 Å². The van der Waals surface area contributed by atoms with E-state index in [-0.39, 0.29) is 6.42 Å². The van der Waals surface area contributed by atoms with Crippen LogP contribution in [0.3, 0.4) is 0 Å². The Labute approximate surface area is 76.9 Å². The first-order chi connectivity index (χ1) is 5.99. The quantitative estimate of drug-likeness (QED) is 0.600. The van der Waals surface area contributed by atoms with Crippen molar-refractivity contribution in [1.29, 1.82) is 0 Å². The maximum Gasteiger partial charge on any atom is 0.324 e. The van der Waals surface area contributed by atoms with Gasteiger partial charge in [-0.25, -0.2) is 0 Å². The molecule has 0 saturated heterocycles. The van der Waals surface area contributed by atoms with E-state index in [0.717, 1.165) is 0 Å². The van der Waals surface area contributed by atoms with Crippen molar-refractivity contribution < 1.29 is 19.4 Å². The molecule has 0 heterocycles. The van der Waals surface area contributed by atoms with E-state index < -0.39 is 24.1 Å². The lowest BCUT2D eigenvalue weighted by Gasteiger charge is -2.16. The Morgan fingerprint density at radius 3 is 2.46 bits per heavy atom. The van der Waals surface area contributed by atoms with Crippen LogP contribution in [0.2, 0.25) is 0 Å². The molecule has 0 aromatic carbocycles. The molecule has 0 rings (SSSR count). The monoisotopic (exact) mass is 189 g/mol. The zero-order valence-electron chi connectivity index (χ0n) is 7.82. The van der Waals surface area contributed by atoms with E-state index in [1.165, 1.54) is 6.92 Å². The number of rotatable bonds is 5. The van der Waals surface area contributed by atoms with Gasteiger partial charge in [0.2, 0.25) is 0 Å². The van der Waals surface area contributed by atoms with E-state index >= 15 is 0 Å². The lowest BCUT2D eigenvalue weighted by atomic mass is 10.2. The number of hydrogen-bond donors (Lipinski definition) is 2. The molecule has 0 aromatic heterocycles. The van der Waals surface area contributed by atoms with Crippen LogP contribution in [-0.4, -0.2) is 29.2 Å². The Morgan fingerprint density at radius 1 is 1.54 bits per heavy atom. The van der Waals surface area contributed by atoms with Crippen LogP contribution in [0.15, 0.2) is 0 Å². The normalized spacial score (nSPS) is 14.7. The van der Waals surface area contributed by atoms with Gasteiger partial charge in [-0.15, -0.1) is 0 Å². The highest BCUT2D eigenvalue weighted by Crippen LogP contribution is 2.00. The zero-order valence-corrected chi connectivity index (χ0v) is 7.82. The molecule has 3 N–H and O–H groups in total. The number of esters is 1. The van der Waals surface area contributed by atoms with Gasteiger partial charge in [0, 0.05) is 6.42 Å². The van der Waals surface area contributed by atoms with Crippen molar-refractivity contribution in [2.45, 2.75) is 38.8 Å². The number of hydrogen-bond acceptors (Lipinski definition) is 4. The van der Waals surface area contributed by atoms with Crippen molar-refractivity contribution in [3.8, 4) is 0 Å². The second-order valence-corrected chi connectivity index (χ2v) is 2.81. The molecule has 2 atom stereocenters. The average Bonchev–Trinajstić information content (AvgIpc) is 2.03. The lowest BCUT2D eigenvalue weighted by molar-refractivity contribution is -0.153. The van der Waals surface area contributed by atoms with E-state index in [9.17, 15) is 9.59 Å². The molecule has 0 amide bonds. The molecule has 0 aromatic rings. The minimum Gasteiger partial charge on any atom is -0.480 e. The number of carbonyl (C=O) groups excluding carboxylic acids is 1. The fourth-order valence-electron chi connectivity index (χ4n) is 0.744. The Kier molecular flexibility index (Phi) is 5.06. The van der Waals surface area contributed by atoms with Crippen LogP contribution < -0.4 is 5.73 Å². The first-order valence-electron chi connectivity index (χ1n) is 4.17. The van der Waals surface area contributed by atoms with Crippen molar-refractivity contribution in [3.63, 3.8) is 0 Å². The maximum atomic E-state index is 10.9. The highest BCUT2D eigenvalue weighted by atomic mass is 16.5. The molecule has 0 spiro atoms. The van der Waals surface area contributed by atoms with Crippen molar-refractivity contribution in [2.24, 2.45) is 5.73 Å². The summed E-state index contributed by atoms with van der Waals surface area (Å²) in [5.41, 5.74) is 5.23. The van der Waals surface area contributed by atoms with E-state index in [2.05, 4.69) is 0 Å². The molecule has 0 unspecified atom stereocenters. The van der Waals surface area contributed by atoms with Gasteiger partial charge < -0.3 is 15.6 Å². The third-order valence-corrected chi connectivity index (χ3v) is 1.56. The van der Waals surface area contributed by atoms with E-state index in [4.69, 9.17) is 15.6 Å². The summed E-state index contributed by atoms with van der Waals surface area (Å²) < 4.78 is 4.77. The number of carboxylic acids is 1. The first kappa shape index (κ1) is 11.9. The molecule has 0 fully saturated rings. The first-order valence-corrected chi connectivity index (χ1v) is 4.17. The summed E-state index contributed by atoms with van der Waals surface area (Å²) >= 11 is 0. The molecule has 76 valence electrons. The number of carbonyl (C=O) groups is 2. The van der Waals surface area contributed by atoms with Crippen LogP contribution in [0.4, 0.5) is 0 Å². The van der Waals surface area contributed by atoms with Crippen LogP contribution in [0.25, 0.3) is 0 Å². The van der Waals surface area contributed by atoms with Gasteiger partial charge in [-0.1, -0.05) is 6.92 Å². The van der Waals surface area contributed by atoms with Crippen LogP contribution in [-0.2, 0) is 14.3 Å². The molecule has 0 radical (unpaired) electrons. The van der Waals surface area contributed by atoms with Gasteiger partial charge in [-0.05, 0) is 13.3 Å². The summed E-state index contributed by atoms with van der Waals surface area (Å²) in [6.07, 6.45) is 0.182. The second kappa shape index (κ2) is 5.53. The fraction of sp³-hybridized carbons (Fsp3) is 0.750. The zero-order chi connectivity index (χ0) is 10.4. The summed E-state index contributed by atoms with van der Waals surface area (Å²) in [5.74, 6) is -1.58. The molecule has 0 bridgehead atoms. The number of ether oxygens (including phenoxy) is 1. The summed E-state index contributed by atoms with van der Waals surface area (Å²) in [4.78, 5) is 21.3. The van der Waals surface area contributed by atoms with Gasteiger partial charge in [0.15, 0.2) is 0 Å². The maximum absolute atomic E-state index is 10.9. The third-order valence-electron chi connectivity index (χ3n) is 1.56. The number of nitrogens with two attached hydrogens (primary N) is 1. The minimum atomic E-state index is -1.17. The predicted molar refractivity (Wildman–Crippen MR) is 46.1 cm³/mol. The molecule has 0 aliphatic heterocycles. The fourth-order valence-corrected chi connectivity index (χ4v) is 0.744. The summed E-state index contributed by atoms with van der Waals surface area (Å²) in [6.45, 7) is 3.30. The van der Waals surface area contributed by atoms with E-state index in [0.29, 0.717) is 6.42 Å². The van der Waals surface area contributed by atoms with Gasteiger partial charge in [0.05, 0.1) is 0 Å². The minimum absolute atomic E-state index is 0.288. The van der Waals surface area contributed by atoms with E-state index in [1.54, 1.807) is 0 Å². The average molecular weight is 189 g/mol. The van der Waals surface area contributed by atoms with Crippen LogP contribution in [0, 0.1) is 0 Å². The molecule has 0 saturated carbocycles. The predicted octanol–water partition coefficient (Wildman–Crippen LogP) is 0.130. The highest BCUT2D eigenvalue weighted by Gasteiger charge is 2.22. The molecule has 5 nitrogen and oxygen atoms in total. The summed E-state index contributed by atoms with van der Waals surface area (Å²) in [5, 5.41) is 8.48. The van der Waals surface area contributed by atoms with Crippen molar-refractivity contribution in [3.05, 3.63) is 0 Å². The molecular weight excluding hydrogens is 174 g/mol. The highest BCUT2D eigenvalue weighted by molar-refractivity contribution is 5.75. The largest absolute Gasteiger partial charge is 0.480 e. The summed E-state index contributed by atoms with van der Waals surface area (Å²) in [6, 6.07) is -1.15. The van der Waals surface area contributed by atoms with Crippen molar-refractivity contribution in [1.82, 2.24) is 0 Å². The molecule has 13 heavy (non-hydrogen) atoms. The Balaban J connectivity index is 3.92. The molecule has 5 heteroatoms. The Bertz CT molecular complexity index is 193.